The predicted octanol–water partition coefficient (Wildman–Crippen LogP) is 3.95. The second-order valence-corrected chi connectivity index (χ2v) is 5.70. The number of anilines is 1. The minimum absolute atomic E-state index is 0.0973. The lowest BCUT2D eigenvalue weighted by atomic mass is 10.1. The standard InChI is InChI=1S/C20H14FN3O/c21-16-8-4-7-14(11-16)18-20(22)23-17-10-9-15(12-24(17)18)19(25)13-5-2-1-3-6-13/h1-12H,22H2. The van der Waals surface area contributed by atoms with E-state index in [0.717, 1.165) is 0 Å². The quantitative estimate of drug-likeness (QED) is 0.578. The molecule has 0 spiro atoms. The number of hydrogen-bond donors (Lipinski definition) is 1. The van der Waals surface area contributed by atoms with Gasteiger partial charge in [0.15, 0.2) is 11.6 Å². The van der Waals surface area contributed by atoms with E-state index in [1.54, 1.807) is 47.0 Å². The van der Waals surface area contributed by atoms with E-state index in [0.29, 0.717) is 28.0 Å². The zero-order valence-electron chi connectivity index (χ0n) is 13.2. The molecule has 0 fully saturated rings. The van der Waals surface area contributed by atoms with Crippen LogP contribution in [0.2, 0.25) is 0 Å². The normalized spacial score (nSPS) is 10.9. The Morgan fingerprint density at radius 1 is 0.960 bits per heavy atom. The molecule has 4 nitrogen and oxygen atoms in total. The highest BCUT2D eigenvalue weighted by atomic mass is 19.1. The second kappa shape index (κ2) is 5.87. The Labute approximate surface area is 143 Å². The fourth-order valence-electron chi connectivity index (χ4n) is 2.88. The SMILES string of the molecule is Nc1nc2ccc(C(=O)c3ccccc3)cn2c1-c1cccc(F)c1. The number of carbonyl (C=O) groups is 1. The zero-order chi connectivity index (χ0) is 17.4. The molecule has 5 heteroatoms. The topological polar surface area (TPSA) is 60.4 Å². The van der Waals surface area contributed by atoms with Crippen LogP contribution >= 0.6 is 0 Å². The van der Waals surface area contributed by atoms with Crippen molar-refractivity contribution in [2.24, 2.45) is 0 Å². The average molecular weight is 331 g/mol. The number of nitrogen functional groups attached to an aromatic ring is 1. The number of halogens is 1. The second-order valence-electron chi connectivity index (χ2n) is 5.70. The highest BCUT2D eigenvalue weighted by Gasteiger charge is 2.15. The molecular formula is C20H14FN3O. The van der Waals surface area contributed by atoms with Crippen molar-refractivity contribution in [3.05, 3.63) is 89.9 Å². The van der Waals surface area contributed by atoms with Crippen LogP contribution in [-0.2, 0) is 0 Å². The summed E-state index contributed by atoms with van der Waals surface area (Å²) in [5.41, 5.74) is 8.91. The summed E-state index contributed by atoms with van der Waals surface area (Å²) in [6.45, 7) is 0. The third-order valence-electron chi connectivity index (χ3n) is 4.04. The molecule has 0 bridgehead atoms. The van der Waals surface area contributed by atoms with Crippen molar-refractivity contribution in [1.29, 1.82) is 0 Å². The van der Waals surface area contributed by atoms with Crippen molar-refractivity contribution in [3.63, 3.8) is 0 Å². The number of fused-ring (bicyclic) bond motifs is 1. The molecule has 0 aliphatic carbocycles. The number of imidazole rings is 1. The lowest BCUT2D eigenvalue weighted by molar-refractivity contribution is 0.103. The molecule has 122 valence electrons. The summed E-state index contributed by atoms with van der Waals surface area (Å²) in [4.78, 5) is 17.0. The first-order valence-electron chi connectivity index (χ1n) is 7.77. The van der Waals surface area contributed by atoms with Crippen LogP contribution in [-0.4, -0.2) is 15.2 Å². The van der Waals surface area contributed by atoms with Crippen molar-refractivity contribution in [3.8, 4) is 11.3 Å². The van der Waals surface area contributed by atoms with Gasteiger partial charge in [-0.05, 0) is 24.3 Å². The Kier molecular flexibility index (Phi) is 3.54. The van der Waals surface area contributed by atoms with E-state index in [4.69, 9.17) is 5.73 Å². The van der Waals surface area contributed by atoms with Crippen LogP contribution in [0, 0.1) is 5.82 Å². The van der Waals surface area contributed by atoms with E-state index in [2.05, 4.69) is 4.98 Å². The molecule has 25 heavy (non-hydrogen) atoms. The van der Waals surface area contributed by atoms with Gasteiger partial charge < -0.3 is 5.73 Å². The van der Waals surface area contributed by atoms with Crippen LogP contribution in [0.1, 0.15) is 15.9 Å². The number of carbonyl (C=O) groups excluding carboxylic acids is 1. The van der Waals surface area contributed by atoms with Gasteiger partial charge in [0.1, 0.15) is 11.5 Å². The van der Waals surface area contributed by atoms with Crippen LogP contribution in [0.3, 0.4) is 0 Å². The van der Waals surface area contributed by atoms with Crippen molar-refractivity contribution in [2.75, 3.05) is 5.73 Å². The van der Waals surface area contributed by atoms with Gasteiger partial charge in [0.25, 0.3) is 0 Å². The summed E-state index contributed by atoms with van der Waals surface area (Å²) in [6.07, 6.45) is 1.69. The molecule has 0 unspecified atom stereocenters. The lowest BCUT2D eigenvalue weighted by Crippen LogP contribution is -2.03. The Balaban J connectivity index is 1.88. The predicted molar refractivity (Wildman–Crippen MR) is 94.9 cm³/mol. The number of aromatic nitrogens is 2. The third kappa shape index (κ3) is 2.65. The van der Waals surface area contributed by atoms with Crippen LogP contribution in [0.4, 0.5) is 10.2 Å². The molecule has 0 amide bonds. The summed E-state index contributed by atoms with van der Waals surface area (Å²) in [6, 6.07) is 18.6. The van der Waals surface area contributed by atoms with Gasteiger partial charge in [-0.25, -0.2) is 9.37 Å². The monoisotopic (exact) mass is 331 g/mol. The molecule has 0 aliphatic rings. The van der Waals surface area contributed by atoms with Crippen LogP contribution in [0.5, 0.6) is 0 Å². The lowest BCUT2D eigenvalue weighted by Gasteiger charge is -2.06. The van der Waals surface area contributed by atoms with Gasteiger partial charge in [0.05, 0.1) is 5.69 Å². The maximum atomic E-state index is 13.6. The number of nitrogens with two attached hydrogens (primary N) is 1. The summed E-state index contributed by atoms with van der Waals surface area (Å²) in [5, 5.41) is 0. The molecule has 4 rings (SSSR count). The van der Waals surface area contributed by atoms with Crippen molar-refractivity contribution in [2.45, 2.75) is 0 Å². The van der Waals surface area contributed by atoms with E-state index >= 15 is 0 Å². The average Bonchev–Trinajstić information content (AvgIpc) is 2.96. The first-order valence-corrected chi connectivity index (χ1v) is 7.77. The summed E-state index contributed by atoms with van der Waals surface area (Å²) >= 11 is 0. The highest BCUT2D eigenvalue weighted by Crippen LogP contribution is 2.28. The fraction of sp³-hybridized carbons (Fsp3) is 0. The molecular weight excluding hydrogens is 317 g/mol. The summed E-state index contributed by atoms with van der Waals surface area (Å²) < 4.78 is 15.3. The van der Waals surface area contributed by atoms with E-state index in [9.17, 15) is 9.18 Å². The highest BCUT2D eigenvalue weighted by molar-refractivity contribution is 6.09. The first kappa shape index (κ1) is 15.1. The van der Waals surface area contributed by atoms with Crippen LogP contribution in [0.25, 0.3) is 16.9 Å². The van der Waals surface area contributed by atoms with Crippen LogP contribution in [0.15, 0.2) is 72.9 Å². The van der Waals surface area contributed by atoms with E-state index in [1.165, 1.54) is 12.1 Å². The molecule has 0 saturated heterocycles. The molecule has 0 saturated carbocycles. The fourth-order valence-corrected chi connectivity index (χ4v) is 2.88. The van der Waals surface area contributed by atoms with Gasteiger partial charge in [-0.2, -0.15) is 0 Å². The Bertz CT molecular complexity index is 1090. The van der Waals surface area contributed by atoms with Gasteiger partial charge in [0.2, 0.25) is 0 Å². The molecule has 2 aromatic heterocycles. The molecule has 0 radical (unpaired) electrons. The smallest absolute Gasteiger partial charge is 0.194 e. The van der Waals surface area contributed by atoms with E-state index in [-0.39, 0.29) is 17.4 Å². The van der Waals surface area contributed by atoms with E-state index < -0.39 is 0 Å². The zero-order valence-corrected chi connectivity index (χ0v) is 13.2. The number of hydrogen-bond acceptors (Lipinski definition) is 3. The molecule has 2 heterocycles. The number of ketones is 1. The van der Waals surface area contributed by atoms with Gasteiger partial charge in [0, 0.05) is 22.9 Å². The molecule has 2 aromatic carbocycles. The number of pyridine rings is 1. The maximum Gasteiger partial charge on any atom is 0.194 e. The molecule has 0 aliphatic heterocycles. The number of rotatable bonds is 3. The number of benzene rings is 2. The molecule has 4 aromatic rings. The molecule has 2 N–H and O–H groups in total. The minimum Gasteiger partial charge on any atom is -0.382 e. The minimum atomic E-state index is -0.358. The number of nitrogens with zero attached hydrogens (tertiary/aromatic N) is 2. The van der Waals surface area contributed by atoms with Crippen molar-refractivity contribution >= 4 is 17.2 Å². The summed E-state index contributed by atoms with van der Waals surface area (Å²) in [7, 11) is 0. The first-order chi connectivity index (χ1) is 12.1. The maximum absolute atomic E-state index is 13.6. The van der Waals surface area contributed by atoms with Crippen LogP contribution < -0.4 is 5.73 Å². The van der Waals surface area contributed by atoms with Gasteiger partial charge in [-0.15, -0.1) is 0 Å². The summed E-state index contributed by atoms with van der Waals surface area (Å²) in [5.74, 6) is -0.168. The Morgan fingerprint density at radius 3 is 2.52 bits per heavy atom. The Hall–Kier alpha value is -3.47. The largest absolute Gasteiger partial charge is 0.382 e. The third-order valence-corrected chi connectivity index (χ3v) is 4.04. The van der Waals surface area contributed by atoms with E-state index in [1.807, 2.05) is 18.2 Å². The van der Waals surface area contributed by atoms with Gasteiger partial charge in [-0.3, -0.25) is 9.20 Å². The van der Waals surface area contributed by atoms with Gasteiger partial charge in [-0.1, -0.05) is 42.5 Å². The van der Waals surface area contributed by atoms with Crippen molar-refractivity contribution in [1.82, 2.24) is 9.38 Å². The van der Waals surface area contributed by atoms with Gasteiger partial charge >= 0.3 is 0 Å². The van der Waals surface area contributed by atoms with Crippen molar-refractivity contribution < 1.29 is 9.18 Å². The molecule has 0 atom stereocenters. The Morgan fingerprint density at radius 2 is 1.76 bits per heavy atom.